The fourth-order valence-electron chi connectivity index (χ4n) is 1.73. The topological polar surface area (TPSA) is 69.3 Å². The zero-order valence-electron chi connectivity index (χ0n) is 9.38. The van der Waals surface area contributed by atoms with Gasteiger partial charge >= 0.3 is 0 Å². The summed E-state index contributed by atoms with van der Waals surface area (Å²) in [5.74, 6) is 0.0409. The molecule has 4 heteroatoms. The number of phenolic OH excluding ortho intramolecular Hbond substituents is 1. The van der Waals surface area contributed by atoms with Crippen LogP contribution in [0.1, 0.15) is 0 Å². The lowest BCUT2D eigenvalue weighted by Crippen LogP contribution is -2.01. The summed E-state index contributed by atoms with van der Waals surface area (Å²) in [5, 5.41) is 9.59. The van der Waals surface area contributed by atoms with Crippen LogP contribution >= 0.6 is 0 Å². The lowest BCUT2D eigenvalue weighted by atomic mass is 10.0. The summed E-state index contributed by atoms with van der Waals surface area (Å²) >= 11 is -1.09. The lowest BCUT2D eigenvalue weighted by Gasteiger charge is -2.12. The summed E-state index contributed by atoms with van der Waals surface area (Å²) in [7, 11) is 0. The van der Waals surface area contributed by atoms with Crippen molar-refractivity contribution in [2.24, 2.45) is 0 Å². The molecule has 0 bridgehead atoms. The van der Waals surface area contributed by atoms with E-state index in [9.17, 15) is 9.66 Å². The fourth-order valence-corrected chi connectivity index (χ4v) is 2.49. The van der Waals surface area contributed by atoms with E-state index in [0.717, 1.165) is 5.56 Å². The van der Waals surface area contributed by atoms with Crippen molar-refractivity contribution < 1.29 is 9.66 Å². The molecule has 1 atom stereocenters. The Kier molecular flexibility index (Phi) is 3.26. The molecule has 2 rings (SSSR count). The van der Waals surface area contributed by atoms with Crippen molar-refractivity contribution in [3.05, 3.63) is 42.5 Å². The van der Waals surface area contributed by atoms with Gasteiger partial charge in [0.2, 0.25) is 0 Å². The average molecular weight is 247 g/mol. The van der Waals surface area contributed by atoms with E-state index >= 15 is 0 Å². The lowest BCUT2D eigenvalue weighted by molar-refractivity contribution is 0.478. The van der Waals surface area contributed by atoms with E-state index in [2.05, 4.69) is 0 Å². The van der Waals surface area contributed by atoms with Gasteiger partial charge in [-0.05, 0) is 29.4 Å². The first-order valence-electron chi connectivity index (χ1n) is 5.11. The van der Waals surface area contributed by atoms with Gasteiger partial charge in [-0.2, -0.15) is 0 Å². The first kappa shape index (κ1) is 11.8. The van der Waals surface area contributed by atoms with Crippen LogP contribution in [0.25, 0.3) is 11.1 Å². The van der Waals surface area contributed by atoms with Crippen LogP contribution in [0.15, 0.2) is 47.4 Å². The minimum absolute atomic E-state index is 0.0409. The average Bonchev–Trinajstić information content (AvgIpc) is 2.33. The molecule has 0 spiro atoms. The summed E-state index contributed by atoms with van der Waals surface area (Å²) in [6, 6.07) is 12.4. The summed E-state index contributed by atoms with van der Waals surface area (Å²) in [6.45, 7) is 0. The summed E-state index contributed by atoms with van der Waals surface area (Å²) in [5.41, 5.74) is 7.64. The summed E-state index contributed by atoms with van der Waals surface area (Å²) in [6.07, 6.45) is 1.62. The van der Waals surface area contributed by atoms with Crippen molar-refractivity contribution in [3.8, 4) is 16.9 Å². The number of hydrogen-bond donors (Lipinski definition) is 2. The fraction of sp³-hybridized carbons (Fsp3) is 0.0769. The van der Waals surface area contributed by atoms with E-state index in [0.29, 0.717) is 16.1 Å². The molecule has 3 N–H and O–H groups in total. The molecule has 1 unspecified atom stereocenters. The Bertz CT molecular complexity index is 541. The molecule has 0 saturated heterocycles. The highest BCUT2D eigenvalue weighted by atomic mass is 32.2. The number of nitrogens with two attached hydrogens (primary N) is 1. The molecular formula is C13H13NO2S. The Morgan fingerprint density at radius 1 is 1.06 bits per heavy atom. The minimum atomic E-state index is -1.09. The molecule has 2 aromatic carbocycles. The molecule has 88 valence electrons. The third kappa shape index (κ3) is 2.23. The molecule has 17 heavy (non-hydrogen) atoms. The Morgan fingerprint density at radius 3 is 2.41 bits per heavy atom. The Morgan fingerprint density at radius 2 is 1.71 bits per heavy atom. The van der Waals surface area contributed by atoms with E-state index in [1.165, 1.54) is 6.07 Å². The molecule has 0 saturated carbocycles. The second-order valence-electron chi connectivity index (χ2n) is 3.69. The van der Waals surface area contributed by atoms with Gasteiger partial charge in [-0.25, -0.2) is 0 Å². The summed E-state index contributed by atoms with van der Waals surface area (Å²) < 4.78 is 11.6. The second kappa shape index (κ2) is 4.69. The van der Waals surface area contributed by atoms with Crippen LogP contribution in [0, 0.1) is 0 Å². The number of rotatable bonds is 2. The molecular weight excluding hydrogens is 234 g/mol. The zero-order chi connectivity index (χ0) is 12.4. The molecule has 0 fully saturated rings. The van der Waals surface area contributed by atoms with Gasteiger partial charge in [-0.15, -0.1) is 0 Å². The van der Waals surface area contributed by atoms with Gasteiger partial charge in [0.25, 0.3) is 0 Å². The summed E-state index contributed by atoms with van der Waals surface area (Å²) in [4.78, 5) is 0.713. The van der Waals surface area contributed by atoms with Gasteiger partial charge in [-0.1, -0.05) is 24.3 Å². The van der Waals surface area contributed by atoms with Gasteiger partial charge in [0, 0.05) is 11.1 Å². The maximum Gasteiger partial charge on any atom is 0.160 e. The Hall–Kier alpha value is -1.65. The Labute approximate surface area is 103 Å². The minimum Gasteiger partial charge on any atom is -0.612 e. The van der Waals surface area contributed by atoms with E-state index in [-0.39, 0.29) is 5.75 Å². The standard InChI is InChI=1S/C13H13NO2S/c1-17(16)12-8-3-2-5-9(12)10-6-4-7-11(15)13(10)14/h2-8,15H,14H2,1H3. The molecule has 3 nitrogen and oxygen atoms in total. The Balaban J connectivity index is 2.64. The van der Waals surface area contributed by atoms with Crippen molar-refractivity contribution in [1.29, 1.82) is 0 Å². The van der Waals surface area contributed by atoms with Crippen molar-refractivity contribution in [3.63, 3.8) is 0 Å². The largest absolute Gasteiger partial charge is 0.612 e. The highest BCUT2D eigenvalue weighted by molar-refractivity contribution is 7.90. The molecule has 0 radical (unpaired) electrons. The van der Waals surface area contributed by atoms with E-state index in [1.807, 2.05) is 18.2 Å². The van der Waals surface area contributed by atoms with Crippen LogP contribution in [-0.4, -0.2) is 15.9 Å². The maximum absolute atomic E-state index is 11.6. The van der Waals surface area contributed by atoms with Crippen molar-refractivity contribution in [2.45, 2.75) is 4.90 Å². The van der Waals surface area contributed by atoms with Crippen molar-refractivity contribution in [2.75, 3.05) is 12.0 Å². The monoisotopic (exact) mass is 247 g/mol. The van der Waals surface area contributed by atoms with Crippen LogP contribution < -0.4 is 5.73 Å². The molecule has 2 aromatic rings. The van der Waals surface area contributed by atoms with Crippen LogP contribution in [0.3, 0.4) is 0 Å². The SMILES string of the molecule is C[S+]([O-])c1ccccc1-c1cccc(O)c1N. The third-order valence-corrected chi connectivity index (χ3v) is 3.55. The molecule has 0 aliphatic rings. The van der Waals surface area contributed by atoms with Gasteiger partial charge < -0.3 is 15.4 Å². The number of phenols is 1. The number of anilines is 1. The molecule has 0 aliphatic carbocycles. The van der Waals surface area contributed by atoms with Gasteiger partial charge in [0.1, 0.15) is 12.0 Å². The number of hydrogen-bond acceptors (Lipinski definition) is 3. The number of nitrogen functional groups attached to an aromatic ring is 1. The first-order chi connectivity index (χ1) is 8.11. The van der Waals surface area contributed by atoms with Crippen LogP contribution in [-0.2, 0) is 11.2 Å². The van der Waals surface area contributed by atoms with E-state index in [4.69, 9.17) is 5.73 Å². The number of benzene rings is 2. The van der Waals surface area contributed by atoms with E-state index < -0.39 is 11.2 Å². The zero-order valence-corrected chi connectivity index (χ0v) is 10.2. The highest BCUT2D eigenvalue weighted by Gasteiger charge is 2.15. The maximum atomic E-state index is 11.6. The van der Waals surface area contributed by atoms with Gasteiger partial charge in [0.15, 0.2) is 4.90 Å². The van der Waals surface area contributed by atoms with Gasteiger partial charge in [0.05, 0.1) is 5.69 Å². The molecule has 0 heterocycles. The smallest absolute Gasteiger partial charge is 0.160 e. The second-order valence-corrected chi connectivity index (χ2v) is 5.04. The number of aromatic hydroxyl groups is 1. The molecule has 0 aliphatic heterocycles. The van der Waals surface area contributed by atoms with Crippen LogP contribution in [0.5, 0.6) is 5.75 Å². The van der Waals surface area contributed by atoms with E-state index in [1.54, 1.807) is 24.5 Å². The van der Waals surface area contributed by atoms with Crippen LogP contribution in [0.2, 0.25) is 0 Å². The third-order valence-electron chi connectivity index (χ3n) is 2.57. The normalized spacial score (nSPS) is 12.4. The van der Waals surface area contributed by atoms with Crippen molar-refractivity contribution >= 4 is 16.9 Å². The van der Waals surface area contributed by atoms with Crippen molar-refractivity contribution in [1.82, 2.24) is 0 Å². The predicted octanol–water partition coefficient (Wildman–Crippen LogP) is 2.38. The quantitative estimate of drug-likeness (QED) is 0.486. The van der Waals surface area contributed by atoms with Gasteiger partial charge in [-0.3, -0.25) is 0 Å². The number of para-hydroxylation sites is 1. The van der Waals surface area contributed by atoms with Crippen LogP contribution in [0.4, 0.5) is 5.69 Å². The highest BCUT2D eigenvalue weighted by Crippen LogP contribution is 2.35. The molecule has 0 amide bonds. The first-order valence-corrected chi connectivity index (χ1v) is 6.67. The predicted molar refractivity (Wildman–Crippen MR) is 70.3 cm³/mol. The molecule has 0 aromatic heterocycles.